The highest BCUT2D eigenvalue weighted by Crippen LogP contribution is 2.23. The zero-order valence-electron chi connectivity index (χ0n) is 17.1. The van der Waals surface area contributed by atoms with Crippen LogP contribution in [0.15, 0.2) is 42.5 Å². The second kappa shape index (κ2) is 11.8. The molecule has 162 valence electrons. The molecule has 30 heavy (non-hydrogen) atoms. The summed E-state index contributed by atoms with van der Waals surface area (Å²) in [5.41, 5.74) is 0.701. The molecule has 2 atom stereocenters. The zero-order chi connectivity index (χ0) is 22.3. The van der Waals surface area contributed by atoms with Gasteiger partial charge >= 0.3 is 0 Å². The van der Waals surface area contributed by atoms with Gasteiger partial charge < -0.3 is 15.0 Å². The third-order valence-electron chi connectivity index (χ3n) is 4.70. The van der Waals surface area contributed by atoms with Gasteiger partial charge in [-0.05, 0) is 84.8 Å². The predicted octanol–water partition coefficient (Wildman–Crippen LogP) is 5.31. The van der Waals surface area contributed by atoms with E-state index in [1.807, 2.05) is 26.0 Å². The van der Waals surface area contributed by atoms with E-state index >= 15 is 0 Å². The lowest BCUT2D eigenvalue weighted by molar-refractivity contribution is -0.142. The third kappa shape index (κ3) is 7.32. The van der Waals surface area contributed by atoms with E-state index in [0.29, 0.717) is 21.4 Å². The molecule has 5 nitrogen and oxygen atoms in total. The van der Waals surface area contributed by atoms with Crippen molar-refractivity contribution in [2.45, 2.75) is 45.8 Å². The molecule has 0 spiro atoms. The summed E-state index contributed by atoms with van der Waals surface area (Å²) in [6, 6.07) is 11.8. The first kappa shape index (κ1) is 24.8. The Morgan fingerprint density at radius 3 is 2.40 bits per heavy atom. The fraction of sp³-hybridized carbons (Fsp3) is 0.364. The lowest BCUT2D eigenvalue weighted by Crippen LogP contribution is -2.50. The fourth-order valence-electron chi connectivity index (χ4n) is 2.64. The van der Waals surface area contributed by atoms with Crippen molar-refractivity contribution in [2.75, 3.05) is 6.61 Å². The Hall–Kier alpha value is -1.51. The number of amides is 2. The van der Waals surface area contributed by atoms with Crippen molar-refractivity contribution in [1.29, 1.82) is 0 Å². The van der Waals surface area contributed by atoms with Crippen molar-refractivity contribution in [3.8, 4) is 5.75 Å². The molecule has 0 bridgehead atoms. The molecule has 0 heterocycles. The lowest BCUT2D eigenvalue weighted by atomic mass is 10.1. The van der Waals surface area contributed by atoms with E-state index in [2.05, 4.69) is 27.9 Å². The van der Waals surface area contributed by atoms with Crippen LogP contribution in [0.4, 0.5) is 0 Å². The van der Waals surface area contributed by atoms with E-state index in [1.165, 1.54) is 4.90 Å². The van der Waals surface area contributed by atoms with Crippen LogP contribution >= 0.6 is 45.8 Å². The lowest BCUT2D eigenvalue weighted by Gasteiger charge is -2.30. The predicted molar refractivity (Wildman–Crippen MR) is 129 cm³/mol. The maximum Gasteiger partial charge on any atom is 0.261 e. The molecule has 0 unspecified atom stereocenters. The standard InChI is InChI=1S/C22H25Cl2IN2O3/c1-4-14(2)26-22(29)15(3)27(12-16-5-6-17(23)11-20(16)24)21(28)13-30-19-9-7-18(25)8-10-19/h5-11,14-15H,4,12-13H2,1-3H3,(H,26,29)/t14-,15-/m1/s1. The maximum atomic E-state index is 13.0. The van der Waals surface area contributed by atoms with Crippen molar-refractivity contribution in [3.05, 3.63) is 61.6 Å². The Kier molecular flexibility index (Phi) is 9.71. The Bertz CT molecular complexity index is 877. The monoisotopic (exact) mass is 562 g/mol. The van der Waals surface area contributed by atoms with E-state index in [1.54, 1.807) is 37.3 Å². The molecule has 2 aromatic rings. The van der Waals surface area contributed by atoms with E-state index in [4.69, 9.17) is 27.9 Å². The van der Waals surface area contributed by atoms with Gasteiger partial charge in [0.1, 0.15) is 11.8 Å². The van der Waals surface area contributed by atoms with Crippen LogP contribution in [0.5, 0.6) is 5.75 Å². The number of halogens is 3. The van der Waals surface area contributed by atoms with Gasteiger partial charge in [0, 0.05) is 26.2 Å². The molecule has 0 saturated heterocycles. The zero-order valence-corrected chi connectivity index (χ0v) is 20.8. The van der Waals surface area contributed by atoms with Crippen LogP contribution in [-0.4, -0.2) is 35.4 Å². The number of hydrogen-bond acceptors (Lipinski definition) is 3. The first-order chi connectivity index (χ1) is 14.2. The molecule has 2 amide bonds. The van der Waals surface area contributed by atoms with Crippen LogP contribution in [0.25, 0.3) is 0 Å². The molecule has 0 radical (unpaired) electrons. The average Bonchev–Trinajstić information content (AvgIpc) is 2.72. The minimum absolute atomic E-state index is 0.0130. The highest BCUT2D eigenvalue weighted by molar-refractivity contribution is 14.1. The summed E-state index contributed by atoms with van der Waals surface area (Å²) in [6.45, 7) is 5.59. The summed E-state index contributed by atoms with van der Waals surface area (Å²) in [6.07, 6.45) is 0.797. The number of benzene rings is 2. The van der Waals surface area contributed by atoms with E-state index in [-0.39, 0.29) is 31.0 Å². The van der Waals surface area contributed by atoms with Gasteiger partial charge in [-0.1, -0.05) is 36.2 Å². The minimum atomic E-state index is -0.696. The van der Waals surface area contributed by atoms with Gasteiger partial charge in [-0.3, -0.25) is 9.59 Å². The Morgan fingerprint density at radius 2 is 1.80 bits per heavy atom. The van der Waals surface area contributed by atoms with Crippen LogP contribution in [0, 0.1) is 3.57 Å². The summed E-state index contributed by atoms with van der Waals surface area (Å²) >= 11 is 14.5. The summed E-state index contributed by atoms with van der Waals surface area (Å²) in [5, 5.41) is 3.87. The van der Waals surface area contributed by atoms with E-state index < -0.39 is 6.04 Å². The number of ether oxygens (including phenoxy) is 1. The van der Waals surface area contributed by atoms with E-state index in [9.17, 15) is 9.59 Å². The third-order valence-corrected chi connectivity index (χ3v) is 6.01. The molecule has 1 N–H and O–H groups in total. The van der Waals surface area contributed by atoms with Crippen LogP contribution in [0.2, 0.25) is 10.0 Å². The highest BCUT2D eigenvalue weighted by atomic mass is 127. The average molecular weight is 563 g/mol. The molecule has 0 aliphatic carbocycles. The minimum Gasteiger partial charge on any atom is -0.484 e. The van der Waals surface area contributed by atoms with Crippen LogP contribution in [0.1, 0.15) is 32.8 Å². The largest absolute Gasteiger partial charge is 0.484 e. The summed E-state index contributed by atoms with van der Waals surface area (Å²) in [7, 11) is 0. The van der Waals surface area contributed by atoms with Crippen molar-refractivity contribution in [3.63, 3.8) is 0 Å². The van der Waals surface area contributed by atoms with Gasteiger partial charge in [-0.15, -0.1) is 0 Å². The molecule has 2 aromatic carbocycles. The smallest absolute Gasteiger partial charge is 0.261 e. The molecule has 8 heteroatoms. The second-order valence-corrected chi connectivity index (χ2v) is 9.08. The van der Waals surface area contributed by atoms with Gasteiger partial charge in [0.05, 0.1) is 0 Å². The van der Waals surface area contributed by atoms with Gasteiger partial charge in [-0.25, -0.2) is 0 Å². The van der Waals surface area contributed by atoms with E-state index in [0.717, 1.165) is 9.99 Å². The van der Waals surface area contributed by atoms with Crippen LogP contribution < -0.4 is 10.1 Å². The van der Waals surface area contributed by atoms with Crippen LogP contribution in [0.3, 0.4) is 0 Å². The number of nitrogens with one attached hydrogen (secondary N) is 1. The number of nitrogens with zero attached hydrogens (tertiary/aromatic N) is 1. The van der Waals surface area contributed by atoms with Crippen molar-refractivity contribution in [1.82, 2.24) is 10.2 Å². The molecule has 0 aliphatic rings. The van der Waals surface area contributed by atoms with Crippen molar-refractivity contribution < 1.29 is 14.3 Å². The first-order valence-corrected chi connectivity index (χ1v) is 11.5. The highest BCUT2D eigenvalue weighted by Gasteiger charge is 2.27. The van der Waals surface area contributed by atoms with Crippen molar-refractivity contribution >= 4 is 57.6 Å². The molecule has 0 saturated carbocycles. The van der Waals surface area contributed by atoms with Gasteiger partial charge in [-0.2, -0.15) is 0 Å². The summed E-state index contributed by atoms with van der Waals surface area (Å²) in [5.74, 6) is 0.0494. The number of carbonyl (C=O) groups excluding carboxylic acids is 2. The van der Waals surface area contributed by atoms with Gasteiger partial charge in [0.25, 0.3) is 5.91 Å². The summed E-state index contributed by atoms with van der Waals surface area (Å²) in [4.78, 5) is 27.2. The summed E-state index contributed by atoms with van der Waals surface area (Å²) < 4.78 is 6.71. The number of hydrogen-bond donors (Lipinski definition) is 1. The fourth-order valence-corrected chi connectivity index (χ4v) is 3.47. The first-order valence-electron chi connectivity index (χ1n) is 9.63. The van der Waals surface area contributed by atoms with Crippen molar-refractivity contribution in [2.24, 2.45) is 0 Å². The number of carbonyl (C=O) groups is 2. The van der Waals surface area contributed by atoms with Gasteiger partial charge in [0.2, 0.25) is 5.91 Å². The molecule has 0 aromatic heterocycles. The normalized spacial score (nSPS) is 12.7. The Balaban J connectivity index is 2.18. The van der Waals surface area contributed by atoms with Crippen LogP contribution in [-0.2, 0) is 16.1 Å². The Morgan fingerprint density at radius 1 is 1.13 bits per heavy atom. The topological polar surface area (TPSA) is 58.6 Å². The molecule has 2 rings (SSSR count). The molecular formula is C22H25Cl2IN2O3. The molecular weight excluding hydrogens is 538 g/mol. The number of rotatable bonds is 9. The quantitative estimate of drug-likeness (QED) is 0.421. The maximum absolute atomic E-state index is 13.0. The Labute approximate surface area is 201 Å². The molecule has 0 aliphatic heterocycles. The second-order valence-electron chi connectivity index (χ2n) is 6.99. The molecule has 0 fully saturated rings. The SMILES string of the molecule is CC[C@@H](C)NC(=O)[C@@H](C)N(Cc1ccc(Cl)cc1Cl)C(=O)COc1ccc(I)cc1. The van der Waals surface area contributed by atoms with Gasteiger partial charge in [0.15, 0.2) is 6.61 Å².